The van der Waals surface area contributed by atoms with E-state index in [1.807, 2.05) is 6.07 Å². The quantitative estimate of drug-likeness (QED) is 0.364. The van der Waals surface area contributed by atoms with Gasteiger partial charge in [-0.15, -0.1) is 0 Å². The molecule has 0 bridgehead atoms. The van der Waals surface area contributed by atoms with E-state index in [9.17, 15) is 37.9 Å². The van der Waals surface area contributed by atoms with Gasteiger partial charge in [-0.25, -0.2) is 18.2 Å². The molecule has 2 unspecified atom stereocenters. The number of halogens is 4. The number of aliphatic hydroxyl groups is 1. The van der Waals surface area contributed by atoms with E-state index >= 15 is 0 Å². The molecule has 2 aromatic carbocycles. The van der Waals surface area contributed by atoms with Gasteiger partial charge in [-0.3, -0.25) is 19.3 Å². The largest absolute Gasteiger partial charge is 0.380 e. The standard InChI is InChI=1S/C30H25ClF3N5O4/c1-28(43)16-30(26(41)38-19-6-4-5-18(32)12-19,39(27(28)42)23-11-17(15-35)9-10-36-23)24(21-7-2-3-8-22(21)31)25(40)37-20-13-29(33,34)14-20/h2-12,20,24,43H,13-14,16H2,1H3,(H,37,40)(H,38,41)/t24-,28?,30?/m0/s1. The molecule has 2 aliphatic rings. The third kappa shape index (κ3) is 5.53. The highest BCUT2D eigenvalue weighted by atomic mass is 35.5. The van der Waals surface area contributed by atoms with Crippen LogP contribution >= 0.6 is 11.6 Å². The third-order valence-corrected chi connectivity index (χ3v) is 7.99. The number of hydrogen-bond donors (Lipinski definition) is 3. The van der Waals surface area contributed by atoms with Gasteiger partial charge in [-0.05, 0) is 48.9 Å². The molecule has 3 amide bonds. The zero-order chi connectivity index (χ0) is 31.2. The van der Waals surface area contributed by atoms with E-state index in [1.165, 1.54) is 48.7 Å². The van der Waals surface area contributed by atoms with Gasteiger partial charge in [0, 0.05) is 42.2 Å². The van der Waals surface area contributed by atoms with Crippen LogP contribution in [0.2, 0.25) is 5.02 Å². The summed E-state index contributed by atoms with van der Waals surface area (Å²) < 4.78 is 41.6. The van der Waals surface area contributed by atoms with Gasteiger partial charge in [0.15, 0.2) is 0 Å². The van der Waals surface area contributed by atoms with Crippen molar-refractivity contribution in [2.75, 3.05) is 10.2 Å². The van der Waals surface area contributed by atoms with E-state index in [0.29, 0.717) is 0 Å². The number of carbonyl (C=O) groups is 3. The van der Waals surface area contributed by atoms with Crippen molar-refractivity contribution in [3.63, 3.8) is 0 Å². The first-order chi connectivity index (χ1) is 20.3. The minimum Gasteiger partial charge on any atom is -0.380 e. The molecule has 1 aromatic heterocycles. The summed E-state index contributed by atoms with van der Waals surface area (Å²) in [4.78, 5) is 47.7. The molecule has 3 N–H and O–H groups in total. The molecule has 1 saturated carbocycles. The molecule has 5 rings (SSSR count). The SMILES string of the molecule is CC1(O)CC(C(=O)Nc2cccc(F)c2)([C@H](C(=O)NC2CC(F)(F)C2)c2ccccc2Cl)N(c2cc(C#N)ccn2)C1=O. The molecule has 1 saturated heterocycles. The van der Waals surface area contributed by atoms with Crippen LogP contribution < -0.4 is 15.5 Å². The summed E-state index contributed by atoms with van der Waals surface area (Å²) in [6, 6.07) is 14.4. The van der Waals surface area contributed by atoms with E-state index in [4.69, 9.17) is 11.6 Å². The van der Waals surface area contributed by atoms with Crippen LogP contribution in [0.3, 0.4) is 0 Å². The molecule has 0 spiro atoms. The fraction of sp³-hybridized carbons (Fsp3) is 0.300. The van der Waals surface area contributed by atoms with Crippen LogP contribution in [-0.2, 0) is 14.4 Å². The molecule has 1 aliphatic carbocycles. The number of pyridine rings is 1. The Morgan fingerprint density at radius 3 is 2.53 bits per heavy atom. The minimum absolute atomic E-state index is 0.0113. The van der Waals surface area contributed by atoms with Crippen molar-refractivity contribution in [2.45, 2.75) is 55.2 Å². The second kappa shape index (κ2) is 11.0. The Morgan fingerprint density at radius 2 is 1.88 bits per heavy atom. The van der Waals surface area contributed by atoms with Crippen LogP contribution in [0.5, 0.6) is 0 Å². The average Bonchev–Trinajstić information content (AvgIpc) is 3.14. The number of amides is 3. The highest BCUT2D eigenvalue weighted by Gasteiger charge is 2.67. The van der Waals surface area contributed by atoms with Crippen LogP contribution in [0.4, 0.5) is 24.7 Å². The molecule has 9 nitrogen and oxygen atoms in total. The summed E-state index contributed by atoms with van der Waals surface area (Å²) in [5, 5.41) is 26.0. The fourth-order valence-corrected chi connectivity index (χ4v) is 5.99. The van der Waals surface area contributed by atoms with E-state index < -0.39 is 71.8 Å². The lowest BCUT2D eigenvalue weighted by atomic mass is 9.73. The smallest absolute Gasteiger partial charge is 0.260 e. The van der Waals surface area contributed by atoms with Crippen LogP contribution in [0.15, 0.2) is 66.9 Å². The number of anilines is 2. The predicted octanol–water partition coefficient (Wildman–Crippen LogP) is 4.31. The summed E-state index contributed by atoms with van der Waals surface area (Å²) in [6.07, 6.45) is -0.752. The Bertz CT molecular complexity index is 1650. The predicted molar refractivity (Wildman–Crippen MR) is 150 cm³/mol. The molecule has 3 aromatic rings. The third-order valence-electron chi connectivity index (χ3n) is 7.65. The molecule has 2 heterocycles. The topological polar surface area (TPSA) is 135 Å². The van der Waals surface area contributed by atoms with Gasteiger partial charge in [-0.1, -0.05) is 35.9 Å². The van der Waals surface area contributed by atoms with Crippen molar-refractivity contribution in [1.82, 2.24) is 10.3 Å². The molecule has 1 aliphatic heterocycles. The van der Waals surface area contributed by atoms with Crippen LogP contribution in [0.1, 0.15) is 43.2 Å². The highest BCUT2D eigenvalue weighted by molar-refractivity contribution is 6.32. The van der Waals surface area contributed by atoms with Crippen molar-refractivity contribution in [3.05, 3.63) is 88.8 Å². The second-order valence-corrected chi connectivity index (χ2v) is 11.3. The number of carbonyl (C=O) groups excluding carboxylic acids is 3. The molecule has 13 heteroatoms. The molecule has 43 heavy (non-hydrogen) atoms. The van der Waals surface area contributed by atoms with Crippen LogP contribution in [0, 0.1) is 17.1 Å². The minimum atomic E-state index is -2.98. The Kier molecular flexibility index (Phi) is 7.66. The Labute approximate surface area is 249 Å². The van der Waals surface area contributed by atoms with E-state index in [1.54, 1.807) is 6.07 Å². The summed E-state index contributed by atoms with van der Waals surface area (Å²) >= 11 is 6.56. The van der Waals surface area contributed by atoms with E-state index in [-0.39, 0.29) is 27.7 Å². The average molecular weight is 612 g/mol. The van der Waals surface area contributed by atoms with Crippen molar-refractivity contribution in [2.24, 2.45) is 0 Å². The summed E-state index contributed by atoms with van der Waals surface area (Å²) in [7, 11) is 0. The van der Waals surface area contributed by atoms with Gasteiger partial charge >= 0.3 is 0 Å². The van der Waals surface area contributed by atoms with Crippen molar-refractivity contribution in [1.29, 1.82) is 5.26 Å². The number of nitrogens with one attached hydrogen (secondary N) is 2. The fourth-order valence-electron chi connectivity index (χ4n) is 5.74. The van der Waals surface area contributed by atoms with E-state index in [2.05, 4.69) is 15.6 Å². The molecule has 3 atom stereocenters. The first kappa shape index (κ1) is 30.0. The maximum Gasteiger partial charge on any atom is 0.260 e. The number of nitriles is 1. The Hall–Kier alpha value is -4.47. The number of rotatable bonds is 7. The van der Waals surface area contributed by atoms with Gasteiger partial charge in [0.25, 0.3) is 17.7 Å². The zero-order valence-corrected chi connectivity index (χ0v) is 23.4. The zero-order valence-electron chi connectivity index (χ0n) is 22.7. The lowest BCUT2D eigenvalue weighted by molar-refractivity contribution is -0.136. The number of nitrogens with zero attached hydrogens (tertiary/aromatic N) is 3. The summed E-state index contributed by atoms with van der Waals surface area (Å²) in [6.45, 7) is 1.15. The van der Waals surface area contributed by atoms with Gasteiger partial charge in [-0.2, -0.15) is 5.26 Å². The molecule has 2 fully saturated rings. The van der Waals surface area contributed by atoms with Crippen LogP contribution in [-0.4, -0.2) is 50.9 Å². The Balaban J connectivity index is 1.76. The second-order valence-electron chi connectivity index (χ2n) is 10.9. The molecule has 222 valence electrons. The maximum absolute atomic E-state index is 14.5. The van der Waals surface area contributed by atoms with Gasteiger partial charge in [0.1, 0.15) is 22.8 Å². The molecule has 0 radical (unpaired) electrons. The first-order valence-electron chi connectivity index (χ1n) is 13.2. The lowest BCUT2D eigenvalue weighted by Crippen LogP contribution is -2.63. The number of alkyl halides is 2. The monoisotopic (exact) mass is 611 g/mol. The number of benzene rings is 2. The van der Waals surface area contributed by atoms with Gasteiger partial charge < -0.3 is 15.7 Å². The molecular weight excluding hydrogens is 587 g/mol. The van der Waals surface area contributed by atoms with Crippen molar-refractivity contribution in [3.8, 4) is 6.07 Å². The number of aromatic nitrogens is 1. The molecular formula is C30H25ClF3N5O4. The van der Waals surface area contributed by atoms with Crippen molar-refractivity contribution >= 4 is 40.8 Å². The first-order valence-corrected chi connectivity index (χ1v) is 13.6. The normalized spacial score (nSPS) is 23.7. The van der Waals surface area contributed by atoms with Gasteiger partial charge in [0.05, 0.1) is 17.6 Å². The maximum atomic E-state index is 14.5. The highest BCUT2D eigenvalue weighted by Crippen LogP contribution is 2.50. The van der Waals surface area contributed by atoms with E-state index in [0.717, 1.165) is 24.0 Å². The van der Waals surface area contributed by atoms with Gasteiger partial charge in [0.2, 0.25) is 5.91 Å². The summed E-state index contributed by atoms with van der Waals surface area (Å²) in [5.41, 5.74) is -4.53. The van der Waals surface area contributed by atoms with Crippen LogP contribution in [0.25, 0.3) is 0 Å². The lowest BCUT2D eigenvalue weighted by Gasteiger charge is -2.43. The summed E-state index contributed by atoms with van der Waals surface area (Å²) in [5.74, 6) is -8.57. The number of hydrogen-bond acceptors (Lipinski definition) is 6. The van der Waals surface area contributed by atoms with Crippen molar-refractivity contribution < 1.29 is 32.7 Å². The Morgan fingerprint density at radius 1 is 1.16 bits per heavy atom.